The summed E-state index contributed by atoms with van der Waals surface area (Å²) < 4.78 is 14.0. The standard InChI is InChI=1S/C13H15BrFNO/c1-8-5-6-9(7-8)16-13(17)10-3-2-4-11(14)12(10)15/h2-4,8-9H,5-7H2,1H3,(H,16,17). The fraction of sp³-hybridized carbons (Fsp3) is 0.462. The molecule has 1 amide bonds. The van der Waals surface area contributed by atoms with Gasteiger partial charge in [0, 0.05) is 6.04 Å². The van der Waals surface area contributed by atoms with Crippen LogP contribution in [0.5, 0.6) is 0 Å². The summed E-state index contributed by atoms with van der Waals surface area (Å²) >= 11 is 3.08. The summed E-state index contributed by atoms with van der Waals surface area (Å²) in [5.41, 5.74) is 0.110. The van der Waals surface area contributed by atoms with Gasteiger partial charge in [0.2, 0.25) is 0 Å². The Morgan fingerprint density at radius 2 is 2.24 bits per heavy atom. The fourth-order valence-corrected chi connectivity index (χ4v) is 2.65. The first-order valence-electron chi connectivity index (χ1n) is 5.83. The van der Waals surface area contributed by atoms with Gasteiger partial charge >= 0.3 is 0 Å². The first-order valence-corrected chi connectivity index (χ1v) is 6.62. The molecule has 1 aromatic carbocycles. The Kier molecular flexibility index (Phi) is 3.82. The molecule has 1 N–H and O–H groups in total. The van der Waals surface area contributed by atoms with Crippen LogP contribution in [0.2, 0.25) is 0 Å². The van der Waals surface area contributed by atoms with E-state index in [1.165, 1.54) is 6.07 Å². The molecule has 0 radical (unpaired) electrons. The summed E-state index contributed by atoms with van der Waals surface area (Å²) in [6.07, 6.45) is 3.11. The number of amides is 1. The van der Waals surface area contributed by atoms with E-state index in [1.807, 2.05) is 0 Å². The van der Waals surface area contributed by atoms with E-state index < -0.39 is 5.82 Å². The quantitative estimate of drug-likeness (QED) is 0.890. The van der Waals surface area contributed by atoms with Crippen LogP contribution in [-0.4, -0.2) is 11.9 Å². The minimum absolute atomic E-state index is 0.110. The largest absolute Gasteiger partial charge is 0.349 e. The van der Waals surface area contributed by atoms with Crippen LogP contribution in [0.3, 0.4) is 0 Å². The molecule has 1 aromatic rings. The van der Waals surface area contributed by atoms with Crippen LogP contribution < -0.4 is 5.32 Å². The molecule has 0 aliphatic heterocycles. The van der Waals surface area contributed by atoms with Gasteiger partial charge in [0.1, 0.15) is 5.82 Å². The Balaban J connectivity index is 2.07. The first kappa shape index (κ1) is 12.6. The fourth-order valence-electron chi connectivity index (χ4n) is 2.28. The molecule has 0 saturated heterocycles. The number of benzene rings is 1. The van der Waals surface area contributed by atoms with Gasteiger partial charge < -0.3 is 5.32 Å². The molecule has 0 bridgehead atoms. The second-order valence-electron chi connectivity index (χ2n) is 4.69. The maximum absolute atomic E-state index is 13.7. The van der Waals surface area contributed by atoms with Crippen LogP contribution in [0.15, 0.2) is 22.7 Å². The summed E-state index contributed by atoms with van der Waals surface area (Å²) in [6, 6.07) is 4.95. The van der Waals surface area contributed by atoms with E-state index in [4.69, 9.17) is 0 Å². The summed E-state index contributed by atoms with van der Waals surface area (Å²) in [5, 5.41) is 2.89. The Morgan fingerprint density at radius 3 is 2.88 bits per heavy atom. The molecular weight excluding hydrogens is 285 g/mol. The molecule has 17 heavy (non-hydrogen) atoms. The third kappa shape index (κ3) is 2.86. The average molecular weight is 300 g/mol. The highest BCUT2D eigenvalue weighted by atomic mass is 79.9. The van der Waals surface area contributed by atoms with Crippen molar-refractivity contribution in [2.75, 3.05) is 0 Å². The number of rotatable bonds is 2. The first-order chi connectivity index (χ1) is 8.08. The predicted octanol–water partition coefficient (Wildman–Crippen LogP) is 3.51. The highest BCUT2D eigenvalue weighted by molar-refractivity contribution is 9.10. The molecule has 1 aliphatic rings. The van der Waals surface area contributed by atoms with Crippen LogP contribution in [0.25, 0.3) is 0 Å². The Hall–Kier alpha value is -0.900. The van der Waals surface area contributed by atoms with Crippen LogP contribution in [0.1, 0.15) is 36.5 Å². The summed E-state index contributed by atoms with van der Waals surface area (Å²) in [7, 11) is 0. The maximum atomic E-state index is 13.7. The van der Waals surface area contributed by atoms with Crippen LogP contribution >= 0.6 is 15.9 Å². The van der Waals surface area contributed by atoms with Crippen molar-refractivity contribution in [3.8, 4) is 0 Å². The van der Waals surface area contributed by atoms with Gasteiger partial charge in [0.25, 0.3) is 5.91 Å². The molecule has 0 aromatic heterocycles. The van der Waals surface area contributed by atoms with Crippen molar-refractivity contribution >= 4 is 21.8 Å². The highest BCUT2D eigenvalue weighted by Gasteiger charge is 2.24. The lowest BCUT2D eigenvalue weighted by atomic mass is 10.1. The molecule has 0 heterocycles. The van der Waals surface area contributed by atoms with Crippen molar-refractivity contribution < 1.29 is 9.18 Å². The number of carbonyl (C=O) groups is 1. The molecular formula is C13H15BrFNO. The van der Waals surface area contributed by atoms with E-state index in [9.17, 15) is 9.18 Å². The van der Waals surface area contributed by atoms with E-state index >= 15 is 0 Å². The minimum Gasteiger partial charge on any atom is -0.349 e. The molecule has 1 fully saturated rings. The second-order valence-corrected chi connectivity index (χ2v) is 5.54. The summed E-state index contributed by atoms with van der Waals surface area (Å²) in [4.78, 5) is 11.9. The Morgan fingerprint density at radius 1 is 1.47 bits per heavy atom. The van der Waals surface area contributed by atoms with Crippen molar-refractivity contribution in [3.05, 3.63) is 34.1 Å². The summed E-state index contributed by atoms with van der Waals surface area (Å²) in [6.45, 7) is 2.17. The monoisotopic (exact) mass is 299 g/mol. The number of carbonyl (C=O) groups excluding carboxylic acids is 1. The number of hydrogen-bond acceptors (Lipinski definition) is 1. The molecule has 0 spiro atoms. The van der Waals surface area contributed by atoms with Gasteiger partial charge in [-0.2, -0.15) is 0 Å². The van der Waals surface area contributed by atoms with Crippen molar-refractivity contribution in [2.45, 2.75) is 32.2 Å². The van der Waals surface area contributed by atoms with Crippen molar-refractivity contribution in [2.24, 2.45) is 5.92 Å². The average Bonchev–Trinajstić information content (AvgIpc) is 2.68. The van der Waals surface area contributed by atoms with Gasteiger partial charge in [-0.15, -0.1) is 0 Å². The molecule has 2 atom stereocenters. The number of halogens is 2. The van der Waals surface area contributed by atoms with E-state index in [0.717, 1.165) is 19.3 Å². The van der Waals surface area contributed by atoms with E-state index in [-0.39, 0.29) is 17.5 Å². The minimum atomic E-state index is -0.490. The third-order valence-corrected chi connectivity index (χ3v) is 3.84. The molecule has 2 nitrogen and oxygen atoms in total. The lowest BCUT2D eigenvalue weighted by molar-refractivity contribution is 0.0933. The van der Waals surface area contributed by atoms with Crippen molar-refractivity contribution in [1.29, 1.82) is 0 Å². The Bertz CT molecular complexity index is 435. The van der Waals surface area contributed by atoms with Crippen LogP contribution in [-0.2, 0) is 0 Å². The molecule has 1 aliphatic carbocycles. The molecule has 2 unspecified atom stereocenters. The Labute approximate surface area is 109 Å². The highest BCUT2D eigenvalue weighted by Crippen LogP contribution is 2.25. The van der Waals surface area contributed by atoms with Gasteiger partial charge in [-0.3, -0.25) is 4.79 Å². The molecule has 92 valence electrons. The van der Waals surface area contributed by atoms with E-state index in [1.54, 1.807) is 12.1 Å². The lowest BCUT2D eigenvalue weighted by Gasteiger charge is -2.13. The van der Waals surface area contributed by atoms with Gasteiger partial charge in [-0.05, 0) is 53.2 Å². The van der Waals surface area contributed by atoms with Gasteiger partial charge in [0.05, 0.1) is 10.0 Å². The zero-order valence-electron chi connectivity index (χ0n) is 9.67. The zero-order valence-corrected chi connectivity index (χ0v) is 11.3. The van der Waals surface area contributed by atoms with Crippen LogP contribution in [0.4, 0.5) is 4.39 Å². The zero-order chi connectivity index (χ0) is 12.4. The van der Waals surface area contributed by atoms with Gasteiger partial charge in [0.15, 0.2) is 0 Å². The maximum Gasteiger partial charge on any atom is 0.254 e. The smallest absolute Gasteiger partial charge is 0.254 e. The third-order valence-electron chi connectivity index (χ3n) is 3.23. The normalized spacial score (nSPS) is 23.7. The van der Waals surface area contributed by atoms with E-state index in [0.29, 0.717) is 10.4 Å². The van der Waals surface area contributed by atoms with Crippen molar-refractivity contribution in [3.63, 3.8) is 0 Å². The SMILES string of the molecule is CC1CCC(NC(=O)c2cccc(Br)c2F)C1. The van der Waals surface area contributed by atoms with Gasteiger partial charge in [-0.1, -0.05) is 13.0 Å². The topological polar surface area (TPSA) is 29.1 Å². The summed E-state index contributed by atoms with van der Waals surface area (Å²) in [5.74, 6) is -0.161. The molecule has 1 saturated carbocycles. The number of hydrogen-bond donors (Lipinski definition) is 1. The lowest BCUT2D eigenvalue weighted by Crippen LogP contribution is -2.33. The van der Waals surface area contributed by atoms with E-state index in [2.05, 4.69) is 28.2 Å². The van der Waals surface area contributed by atoms with Gasteiger partial charge in [-0.25, -0.2) is 4.39 Å². The number of nitrogens with one attached hydrogen (secondary N) is 1. The van der Waals surface area contributed by atoms with Crippen LogP contribution in [0, 0.1) is 11.7 Å². The second kappa shape index (κ2) is 5.17. The molecule has 4 heteroatoms. The van der Waals surface area contributed by atoms with Crippen molar-refractivity contribution in [1.82, 2.24) is 5.32 Å². The predicted molar refractivity (Wildman–Crippen MR) is 68.4 cm³/mol. The molecule has 2 rings (SSSR count).